The summed E-state index contributed by atoms with van der Waals surface area (Å²) in [5, 5.41) is 0. The molecule has 0 atom stereocenters. The van der Waals surface area contributed by atoms with Gasteiger partial charge < -0.3 is 4.90 Å². The van der Waals surface area contributed by atoms with E-state index in [1.165, 1.54) is 6.26 Å². The van der Waals surface area contributed by atoms with Gasteiger partial charge >= 0.3 is 0 Å². The maximum Gasteiger partial charge on any atom is 0.164 e. The molecule has 106 valence electrons. The Morgan fingerprint density at radius 1 is 1.32 bits per heavy atom. The third-order valence-electron chi connectivity index (χ3n) is 2.71. The van der Waals surface area contributed by atoms with Gasteiger partial charge in [0.25, 0.3) is 0 Å². The molecule has 1 aromatic rings. The molecule has 0 saturated carbocycles. The van der Waals surface area contributed by atoms with Gasteiger partial charge in [-0.05, 0) is 19.2 Å². The molecule has 1 aromatic carbocycles. The monoisotopic (exact) mass is 347 g/mol. The van der Waals surface area contributed by atoms with E-state index in [1.54, 1.807) is 12.1 Å². The normalized spacial score (nSPS) is 11.8. The summed E-state index contributed by atoms with van der Waals surface area (Å²) in [4.78, 5) is 13.8. The molecule has 0 aliphatic heterocycles. The summed E-state index contributed by atoms with van der Waals surface area (Å²) in [7, 11) is -1.13. The zero-order chi connectivity index (χ0) is 14.5. The minimum absolute atomic E-state index is 0.0625. The van der Waals surface area contributed by atoms with Crippen molar-refractivity contribution in [2.75, 3.05) is 32.1 Å². The van der Waals surface area contributed by atoms with Gasteiger partial charge in [-0.2, -0.15) is 0 Å². The third kappa shape index (κ3) is 6.84. The molecule has 0 unspecified atom stereocenters. The standard InChI is InChI=1S/C13H18BrNO3S/c1-15(8-9-19(2,17)18)7-6-13(16)11-4-3-5-12(14)10-11/h3-5,10H,6-9H2,1-2H3. The fourth-order valence-electron chi connectivity index (χ4n) is 1.53. The van der Waals surface area contributed by atoms with Crippen LogP contribution in [-0.2, 0) is 9.84 Å². The van der Waals surface area contributed by atoms with Crippen LogP contribution in [0.5, 0.6) is 0 Å². The van der Waals surface area contributed by atoms with Crippen molar-refractivity contribution in [1.82, 2.24) is 4.90 Å². The molecule has 4 nitrogen and oxygen atoms in total. The summed E-state index contributed by atoms with van der Waals surface area (Å²) < 4.78 is 22.9. The first-order chi connectivity index (χ1) is 8.78. The summed E-state index contributed by atoms with van der Waals surface area (Å²) in [5.74, 6) is 0.182. The van der Waals surface area contributed by atoms with E-state index in [0.717, 1.165) is 4.47 Å². The number of carbonyl (C=O) groups is 1. The molecule has 0 aliphatic rings. The highest BCUT2D eigenvalue weighted by molar-refractivity contribution is 9.10. The van der Waals surface area contributed by atoms with Crippen LogP contribution in [0.25, 0.3) is 0 Å². The molecular weight excluding hydrogens is 330 g/mol. The van der Waals surface area contributed by atoms with Crippen LogP contribution < -0.4 is 0 Å². The Balaban J connectivity index is 2.42. The van der Waals surface area contributed by atoms with E-state index >= 15 is 0 Å². The van der Waals surface area contributed by atoms with Gasteiger partial charge in [0, 0.05) is 35.8 Å². The molecule has 19 heavy (non-hydrogen) atoms. The fraction of sp³-hybridized carbons (Fsp3) is 0.462. The minimum atomic E-state index is -2.95. The van der Waals surface area contributed by atoms with Crippen molar-refractivity contribution in [2.24, 2.45) is 0 Å². The maximum atomic E-state index is 11.9. The second kappa shape index (κ2) is 7.17. The van der Waals surface area contributed by atoms with Crippen LogP contribution in [0, 0.1) is 0 Å². The van der Waals surface area contributed by atoms with Crippen LogP contribution in [0.4, 0.5) is 0 Å². The number of hydrogen-bond acceptors (Lipinski definition) is 4. The molecule has 0 radical (unpaired) electrons. The second-order valence-corrected chi connectivity index (χ2v) is 7.79. The van der Waals surface area contributed by atoms with E-state index in [-0.39, 0.29) is 11.5 Å². The predicted molar refractivity (Wildman–Crippen MR) is 80.3 cm³/mol. The number of benzene rings is 1. The Morgan fingerprint density at radius 2 is 2.00 bits per heavy atom. The number of ketones is 1. The van der Waals surface area contributed by atoms with Crippen LogP contribution in [-0.4, -0.2) is 51.2 Å². The average molecular weight is 348 g/mol. The van der Waals surface area contributed by atoms with Gasteiger partial charge in [0.2, 0.25) is 0 Å². The largest absolute Gasteiger partial charge is 0.305 e. The van der Waals surface area contributed by atoms with Crippen LogP contribution in [0.2, 0.25) is 0 Å². The van der Waals surface area contributed by atoms with Crippen molar-refractivity contribution in [2.45, 2.75) is 6.42 Å². The first-order valence-corrected chi connectivity index (χ1v) is 8.78. The van der Waals surface area contributed by atoms with E-state index in [1.807, 2.05) is 24.1 Å². The minimum Gasteiger partial charge on any atom is -0.305 e. The van der Waals surface area contributed by atoms with Crippen molar-refractivity contribution in [3.05, 3.63) is 34.3 Å². The predicted octanol–water partition coefficient (Wildman–Crippen LogP) is 2.00. The van der Waals surface area contributed by atoms with Crippen molar-refractivity contribution < 1.29 is 13.2 Å². The highest BCUT2D eigenvalue weighted by Gasteiger charge is 2.09. The summed E-state index contributed by atoms with van der Waals surface area (Å²) in [6, 6.07) is 7.27. The highest BCUT2D eigenvalue weighted by atomic mass is 79.9. The fourth-order valence-corrected chi connectivity index (χ4v) is 2.57. The molecule has 0 N–H and O–H groups in total. The number of halogens is 1. The molecule has 0 heterocycles. The van der Waals surface area contributed by atoms with Crippen molar-refractivity contribution >= 4 is 31.6 Å². The van der Waals surface area contributed by atoms with Crippen LogP contribution in [0.1, 0.15) is 16.8 Å². The summed E-state index contributed by atoms with van der Waals surface area (Å²) in [5.41, 5.74) is 0.672. The van der Waals surface area contributed by atoms with E-state index in [2.05, 4.69) is 15.9 Å². The van der Waals surface area contributed by atoms with Crippen LogP contribution >= 0.6 is 15.9 Å². The van der Waals surface area contributed by atoms with E-state index in [4.69, 9.17) is 0 Å². The van der Waals surface area contributed by atoms with Crippen LogP contribution in [0.3, 0.4) is 0 Å². The van der Waals surface area contributed by atoms with Crippen LogP contribution in [0.15, 0.2) is 28.7 Å². The molecular formula is C13H18BrNO3S. The van der Waals surface area contributed by atoms with Gasteiger partial charge in [-0.15, -0.1) is 0 Å². The number of rotatable bonds is 7. The lowest BCUT2D eigenvalue weighted by Gasteiger charge is -2.15. The number of carbonyl (C=O) groups excluding carboxylic acids is 1. The first-order valence-electron chi connectivity index (χ1n) is 5.93. The Kier molecular flexibility index (Phi) is 6.16. The third-order valence-corrected chi connectivity index (χ3v) is 4.13. The number of Topliss-reactive ketones (excluding diaryl/α,β-unsaturated/α-hetero) is 1. The summed E-state index contributed by atoms with van der Waals surface area (Å²) in [6.07, 6.45) is 1.60. The number of hydrogen-bond donors (Lipinski definition) is 0. The number of nitrogens with zero attached hydrogens (tertiary/aromatic N) is 1. The topological polar surface area (TPSA) is 54.5 Å². The molecule has 0 amide bonds. The van der Waals surface area contributed by atoms with Gasteiger partial charge in [0.15, 0.2) is 5.78 Å². The molecule has 0 aliphatic carbocycles. The molecule has 6 heteroatoms. The Labute approximate surface area is 122 Å². The molecule has 0 aromatic heterocycles. The van der Waals surface area contributed by atoms with Gasteiger partial charge in [0.1, 0.15) is 9.84 Å². The molecule has 0 spiro atoms. The van der Waals surface area contributed by atoms with E-state index in [0.29, 0.717) is 25.1 Å². The lowest BCUT2D eigenvalue weighted by Crippen LogP contribution is -2.27. The quantitative estimate of drug-likeness (QED) is 0.708. The Hall–Kier alpha value is -0.720. The highest BCUT2D eigenvalue weighted by Crippen LogP contribution is 2.13. The lowest BCUT2D eigenvalue weighted by atomic mass is 10.1. The second-order valence-electron chi connectivity index (χ2n) is 4.62. The van der Waals surface area contributed by atoms with E-state index < -0.39 is 9.84 Å². The Bertz CT molecular complexity index is 543. The van der Waals surface area contributed by atoms with Crippen molar-refractivity contribution in [3.63, 3.8) is 0 Å². The molecule has 0 fully saturated rings. The van der Waals surface area contributed by atoms with Gasteiger partial charge in [-0.3, -0.25) is 4.79 Å². The lowest BCUT2D eigenvalue weighted by molar-refractivity contribution is 0.0970. The molecule has 0 bridgehead atoms. The van der Waals surface area contributed by atoms with Gasteiger partial charge in [-0.1, -0.05) is 28.1 Å². The first kappa shape index (κ1) is 16.3. The van der Waals surface area contributed by atoms with Crippen molar-refractivity contribution in [3.8, 4) is 0 Å². The van der Waals surface area contributed by atoms with Gasteiger partial charge in [-0.25, -0.2) is 8.42 Å². The Morgan fingerprint density at radius 3 is 2.58 bits per heavy atom. The summed E-state index contributed by atoms with van der Waals surface area (Å²) >= 11 is 3.33. The smallest absolute Gasteiger partial charge is 0.164 e. The average Bonchev–Trinajstić information content (AvgIpc) is 2.32. The SMILES string of the molecule is CN(CCC(=O)c1cccc(Br)c1)CCS(C)(=O)=O. The van der Waals surface area contributed by atoms with Crippen molar-refractivity contribution in [1.29, 1.82) is 0 Å². The molecule has 0 saturated heterocycles. The zero-order valence-corrected chi connectivity index (χ0v) is 13.5. The summed E-state index contributed by atoms with van der Waals surface area (Å²) in [6.45, 7) is 1.01. The number of sulfone groups is 1. The van der Waals surface area contributed by atoms with Gasteiger partial charge in [0.05, 0.1) is 5.75 Å². The molecule has 1 rings (SSSR count). The zero-order valence-electron chi connectivity index (χ0n) is 11.1. The maximum absolute atomic E-state index is 11.9. The van der Waals surface area contributed by atoms with E-state index in [9.17, 15) is 13.2 Å².